The Balaban J connectivity index is 1.74. The Morgan fingerprint density at radius 1 is 0.960 bits per heavy atom. The van der Waals surface area contributed by atoms with E-state index in [1.54, 1.807) is 29.2 Å². The molecule has 0 saturated carbocycles. The molecule has 7 heteroatoms. The second-order valence-electron chi connectivity index (χ2n) is 5.90. The van der Waals surface area contributed by atoms with Gasteiger partial charge in [0.1, 0.15) is 0 Å². The maximum atomic E-state index is 12.5. The minimum Gasteiger partial charge on any atom is -0.339 e. The molecule has 1 fully saturated rings. The summed E-state index contributed by atoms with van der Waals surface area (Å²) in [5, 5.41) is 3.49. The van der Waals surface area contributed by atoms with Crippen LogP contribution in [0.3, 0.4) is 0 Å². The van der Waals surface area contributed by atoms with E-state index < -0.39 is 0 Å². The second-order valence-corrected chi connectivity index (χ2v) is 6.71. The van der Waals surface area contributed by atoms with Crippen LogP contribution in [0.1, 0.15) is 40.0 Å². The lowest BCUT2D eigenvalue weighted by atomic mass is 10.1. The van der Waals surface area contributed by atoms with E-state index in [9.17, 15) is 9.59 Å². The topological polar surface area (TPSA) is 62.3 Å². The van der Waals surface area contributed by atoms with Gasteiger partial charge in [-0.1, -0.05) is 23.2 Å². The van der Waals surface area contributed by atoms with Gasteiger partial charge in [-0.3, -0.25) is 14.6 Å². The molecule has 1 aliphatic heterocycles. The van der Waals surface area contributed by atoms with Gasteiger partial charge in [0, 0.05) is 31.2 Å². The maximum Gasteiger partial charge on any atom is 0.257 e. The van der Waals surface area contributed by atoms with Crippen molar-refractivity contribution in [1.82, 2.24) is 9.88 Å². The minimum absolute atomic E-state index is 0.0867. The third kappa shape index (κ3) is 4.30. The van der Waals surface area contributed by atoms with Crippen LogP contribution in [-0.4, -0.2) is 34.8 Å². The van der Waals surface area contributed by atoms with Gasteiger partial charge in [0.05, 0.1) is 21.2 Å². The van der Waals surface area contributed by atoms with E-state index in [1.165, 1.54) is 12.4 Å². The van der Waals surface area contributed by atoms with Crippen LogP contribution in [0.4, 0.5) is 5.69 Å². The van der Waals surface area contributed by atoms with Crippen molar-refractivity contribution in [3.63, 3.8) is 0 Å². The molecule has 0 aliphatic carbocycles. The molecule has 1 aromatic carbocycles. The highest BCUT2D eigenvalue weighted by Gasteiger charge is 2.19. The molecule has 2 amide bonds. The summed E-state index contributed by atoms with van der Waals surface area (Å²) in [7, 11) is 0. The Morgan fingerprint density at radius 2 is 1.68 bits per heavy atom. The fraction of sp³-hybridized carbons (Fsp3) is 0.278. The van der Waals surface area contributed by atoms with Crippen LogP contribution in [0, 0.1) is 0 Å². The lowest BCUT2D eigenvalue weighted by Crippen LogP contribution is -2.35. The van der Waals surface area contributed by atoms with Crippen molar-refractivity contribution in [2.75, 3.05) is 18.4 Å². The van der Waals surface area contributed by atoms with Crippen LogP contribution in [0.15, 0.2) is 36.7 Å². The molecule has 0 radical (unpaired) electrons. The van der Waals surface area contributed by atoms with Gasteiger partial charge in [-0.2, -0.15) is 0 Å². The van der Waals surface area contributed by atoms with Crippen molar-refractivity contribution in [1.29, 1.82) is 0 Å². The van der Waals surface area contributed by atoms with E-state index in [2.05, 4.69) is 10.3 Å². The molecule has 2 heterocycles. The number of carbonyl (C=O) groups is 2. The SMILES string of the molecule is O=C(Nc1ccc(Cl)c(Cl)c1)c1cncc(C(=O)N2CCCCC2)c1. The van der Waals surface area contributed by atoms with Crippen molar-refractivity contribution in [2.45, 2.75) is 19.3 Å². The predicted octanol–water partition coefficient (Wildman–Crippen LogP) is 4.27. The quantitative estimate of drug-likeness (QED) is 0.868. The van der Waals surface area contributed by atoms with Gasteiger partial charge in [-0.05, 0) is 43.5 Å². The number of halogens is 2. The standard InChI is InChI=1S/C18H17Cl2N3O2/c19-15-5-4-14(9-16(15)20)22-17(24)12-8-13(11-21-10-12)18(25)23-6-2-1-3-7-23/h4-5,8-11H,1-3,6-7H2,(H,22,24). The molecule has 0 unspecified atom stereocenters. The fourth-order valence-electron chi connectivity index (χ4n) is 2.74. The number of likely N-dealkylation sites (tertiary alicyclic amines) is 1. The molecule has 0 spiro atoms. The summed E-state index contributed by atoms with van der Waals surface area (Å²) in [5.74, 6) is -0.449. The Morgan fingerprint density at radius 3 is 2.40 bits per heavy atom. The number of nitrogens with one attached hydrogen (secondary N) is 1. The van der Waals surface area contributed by atoms with E-state index in [0.717, 1.165) is 32.4 Å². The van der Waals surface area contributed by atoms with Gasteiger partial charge < -0.3 is 10.2 Å². The highest BCUT2D eigenvalue weighted by Crippen LogP contribution is 2.25. The van der Waals surface area contributed by atoms with Gasteiger partial charge in [0.25, 0.3) is 11.8 Å². The summed E-state index contributed by atoms with van der Waals surface area (Å²) in [6.45, 7) is 1.50. The molecule has 130 valence electrons. The number of carbonyl (C=O) groups excluding carboxylic acids is 2. The van der Waals surface area contributed by atoms with Crippen molar-refractivity contribution in [3.05, 3.63) is 57.8 Å². The van der Waals surface area contributed by atoms with Crippen molar-refractivity contribution in [2.24, 2.45) is 0 Å². The first-order valence-electron chi connectivity index (χ1n) is 8.05. The Kier molecular flexibility index (Phi) is 5.56. The zero-order valence-corrected chi connectivity index (χ0v) is 15.0. The van der Waals surface area contributed by atoms with E-state index in [4.69, 9.17) is 23.2 Å². The zero-order valence-electron chi connectivity index (χ0n) is 13.5. The number of nitrogens with zero attached hydrogens (tertiary/aromatic N) is 2. The van der Waals surface area contributed by atoms with Crippen molar-refractivity contribution >= 4 is 40.7 Å². The maximum absolute atomic E-state index is 12.5. The van der Waals surface area contributed by atoms with Crippen LogP contribution < -0.4 is 5.32 Å². The average molecular weight is 378 g/mol. The Bertz CT molecular complexity index is 805. The lowest BCUT2D eigenvalue weighted by Gasteiger charge is -2.26. The minimum atomic E-state index is -0.362. The molecular formula is C18H17Cl2N3O2. The second kappa shape index (κ2) is 7.85. The average Bonchev–Trinajstić information content (AvgIpc) is 2.65. The smallest absolute Gasteiger partial charge is 0.257 e. The van der Waals surface area contributed by atoms with E-state index in [1.807, 2.05) is 0 Å². The van der Waals surface area contributed by atoms with Crippen LogP contribution in [-0.2, 0) is 0 Å². The highest BCUT2D eigenvalue weighted by molar-refractivity contribution is 6.42. The number of hydrogen-bond donors (Lipinski definition) is 1. The molecule has 0 atom stereocenters. The third-order valence-electron chi connectivity index (χ3n) is 4.07. The summed E-state index contributed by atoms with van der Waals surface area (Å²) in [6.07, 6.45) is 6.09. The van der Waals surface area contributed by atoms with Crippen LogP contribution in [0.5, 0.6) is 0 Å². The van der Waals surface area contributed by atoms with Gasteiger partial charge in [0.2, 0.25) is 0 Å². The first-order valence-corrected chi connectivity index (χ1v) is 8.81. The summed E-state index contributed by atoms with van der Waals surface area (Å²) in [5.41, 5.74) is 1.25. The molecule has 2 aromatic rings. The largest absolute Gasteiger partial charge is 0.339 e. The van der Waals surface area contributed by atoms with E-state index >= 15 is 0 Å². The number of benzene rings is 1. The van der Waals surface area contributed by atoms with E-state index in [0.29, 0.717) is 26.9 Å². The van der Waals surface area contributed by atoms with Gasteiger partial charge in [-0.25, -0.2) is 0 Å². The first-order chi connectivity index (χ1) is 12.0. The van der Waals surface area contributed by atoms with Gasteiger partial charge >= 0.3 is 0 Å². The molecule has 0 bridgehead atoms. The number of hydrogen-bond acceptors (Lipinski definition) is 3. The molecule has 1 aliphatic rings. The molecule has 1 saturated heterocycles. The number of amides is 2. The summed E-state index contributed by atoms with van der Waals surface area (Å²) >= 11 is 11.8. The Hall–Kier alpha value is -2.11. The first kappa shape index (κ1) is 17.7. The number of aromatic nitrogens is 1. The predicted molar refractivity (Wildman–Crippen MR) is 98.4 cm³/mol. The fourth-order valence-corrected chi connectivity index (χ4v) is 3.04. The molecule has 1 aromatic heterocycles. The van der Waals surface area contributed by atoms with E-state index in [-0.39, 0.29) is 11.8 Å². The summed E-state index contributed by atoms with van der Waals surface area (Å²) < 4.78 is 0. The van der Waals surface area contributed by atoms with Gasteiger partial charge in [0.15, 0.2) is 0 Å². The highest BCUT2D eigenvalue weighted by atomic mass is 35.5. The van der Waals surface area contributed by atoms with Crippen LogP contribution in [0.2, 0.25) is 10.0 Å². The number of rotatable bonds is 3. The lowest BCUT2D eigenvalue weighted by molar-refractivity contribution is 0.0724. The molecule has 5 nitrogen and oxygen atoms in total. The molecule has 25 heavy (non-hydrogen) atoms. The van der Waals surface area contributed by atoms with Crippen molar-refractivity contribution in [3.8, 4) is 0 Å². The van der Waals surface area contributed by atoms with Gasteiger partial charge in [-0.15, -0.1) is 0 Å². The Labute approximate surface area is 155 Å². The molecule has 3 rings (SSSR count). The third-order valence-corrected chi connectivity index (χ3v) is 4.81. The monoisotopic (exact) mass is 377 g/mol. The summed E-state index contributed by atoms with van der Waals surface area (Å²) in [4.78, 5) is 30.8. The zero-order chi connectivity index (χ0) is 17.8. The van der Waals surface area contributed by atoms with Crippen molar-refractivity contribution < 1.29 is 9.59 Å². The normalized spacial score (nSPS) is 14.2. The number of pyridine rings is 1. The van der Waals surface area contributed by atoms with Crippen LogP contribution in [0.25, 0.3) is 0 Å². The molecular weight excluding hydrogens is 361 g/mol. The molecule has 1 N–H and O–H groups in total. The van der Waals surface area contributed by atoms with Crippen LogP contribution >= 0.6 is 23.2 Å². The summed E-state index contributed by atoms with van der Waals surface area (Å²) in [6, 6.07) is 6.39. The number of anilines is 1. The number of piperidine rings is 1.